The van der Waals surface area contributed by atoms with Crippen LogP contribution in [0.5, 0.6) is 0 Å². The zero-order valence-corrected chi connectivity index (χ0v) is 15.8. The van der Waals surface area contributed by atoms with E-state index in [1.165, 1.54) is 0 Å². The van der Waals surface area contributed by atoms with E-state index in [-0.39, 0.29) is 24.8 Å². The Labute approximate surface area is 147 Å². The summed E-state index contributed by atoms with van der Waals surface area (Å²) in [6.07, 6.45) is 2.68. The summed E-state index contributed by atoms with van der Waals surface area (Å²) in [7, 11) is 1.93. The van der Waals surface area contributed by atoms with Crippen molar-refractivity contribution in [2.45, 2.75) is 39.2 Å². The Bertz CT molecular complexity index is 284. The Balaban J connectivity index is 0. The van der Waals surface area contributed by atoms with Gasteiger partial charge in [0.05, 0.1) is 6.61 Å². The molecule has 1 aliphatic heterocycles. The Morgan fingerprint density at radius 1 is 1.27 bits per heavy atom. The molecule has 0 saturated carbocycles. The van der Waals surface area contributed by atoms with E-state index in [9.17, 15) is 4.79 Å². The Morgan fingerprint density at radius 3 is 2.59 bits per heavy atom. The normalized spacial score (nSPS) is 18.5. The molecule has 1 aliphatic rings. The van der Waals surface area contributed by atoms with Crippen LogP contribution in [0.1, 0.15) is 33.1 Å². The molecule has 1 heterocycles. The molecule has 1 amide bonds. The molecule has 0 aromatic rings. The van der Waals surface area contributed by atoms with Crippen molar-refractivity contribution in [1.82, 2.24) is 15.1 Å². The van der Waals surface area contributed by atoms with Crippen LogP contribution >= 0.6 is 24.8 Å². The highest BCUT2D eigenvalue weighted by Gasteiger charge is 2.27. The SMILES string of the molecule is CCOCCN1CCN(C(=O)CCCNC)CC1CC.Cl.Cl. The molecule has 1 saturated heterocycles. The number of nitrogens with one attached hydrogen (secondary N) is 1. The maximum atomic E-state index is 12.2. The van der Waals surface area contributed by atoms with E-state index in [0.717, 1.165) is 58.8 Å². The Hall–Kier alpha value is -0.0700. The van der Waals surface area contributed by atoms with Gasteiger partial charge in [0.2, 0.25) is 5.91 Å². The second kappa shape index (κ2) is 14.5. The van der Waals surface area contributed by atoms with Crippen molar-refractivity contribution in [3.05, 3.63) is 0 Å². The molecule has 1 fully saturated rings. The van der Waals surface area contributed by atoms with Crippen molar-refractivity contribution in [2.24, 2.45) is 0 Å². The number of piperazine rings is 1. The van der Waals surface area contributed by atoms with Gasteiger partial charge >= 0.3 is 0 Å². The fraction of sp³-hybridized carbons (Fsp3) is 0.933. The van der Waals surface area contributed by atoms with Gasteiger partial charge in [0.15, 0.2) is 0 Å². The summed E-state index contributed by atoms with van der Waals surface area (Å²) < 4.78 is 5.44. The van der Waals surface area contributed by atoms with E-state index in [1.807, 2.05) is 18.9 Å². The number of ether oxygens (including phenoxy) is 1. The van der Waals surface area contributed by atoms with Gasteiger partial charge in [-0.2, -0.15) is 0 Å². The monoisotopic (exact) mass is 357 g/mol. The van der Waals surface area contributed by atoms with Crippen LogP contribution in [0.15, 0.2) is 0 Å². The molecule has 1 rings (SSSR count). The first-order chi connectivity index (χ1) is 9.72. The van der Waals surface area contributed by atoms with Gasteiger partial charge in [-0.25, -0.2) is 0 Å². The average Bonchev–Trinajstić information content (AvgIpc) is 2.47. The molecule has 0 bridgehead atoms. The number of hydrogen-bond donors (Lipinski definition) is 1. The highest BCUT2D eigenvalue weighted by molar-refractivity contribution is 5.85. The Morgan fingerprint density at radius 2 is 2.00 bits per heavy atom. The van der Waals surface area contributed by atoms with E-state index in [4.69, 9.17) is 4.74 Å². The van der Waals surface area contributed by atoms with Crippen LogP contribution in [0.2, 0.25) is 0 Å². The van der Waals surface area contributed by atoms with Crippen LogP contribution < -0.4 is 5.32 Å². The molecule has 0 radical (unpaired) electrons. The summed E-state index contributed by atoms with van der Waals surface area (Å²) in [4.78, 5) is 16.7. The summed E-state index contributed by atoms with van der Waals surface area (Å²) in [5.41, 5.74) is 0. The van der Waals surface area contributed by atoms with Crippen molar-refractivity contribution in [1.29, 1.82) is 0 Å². The molecule has 1 atom stereocenters. The Kier molecular flexibility index (Phi) is 16.0. The first-order valence-electron chi connectivity index (χ1n) is 7.97. The molecule has 22 heavy (non-hydrogen) atoms. The first kappa shape index (κ1) is 24.2. The largest absolute Gasteiger partial charge is 0.380 e. The highest BCUT2D eigenvalue weighted by atomic mass is 35.5. The standard InChI is InChI=1S/C15H31N3O2.2ClH/c1-4-14-13-18(15(19)7-6-8-16-3)10-9-17(14)11-12-20-5-2;;/h14,16H,4-13H2,1-3H3;2*1H. The molecule has 134 valence electrons. The number of amides is 1. The quantitative estimate of drug-likeness (QED) is 0.639. The molecule has 0 aliphatic carbocycles. The van der Waals surface area contributed by atoms with Crippen LogP contribution in [0.3, 0.4) is 0 Å². The van der Waals surface area contributed by atoms with Gasteiger partial charge in [-0.1, -0.05) is 6.92 Å². The predicted octanol–water partition coefficient (Wildman–Crippen LogP) is 1.79. The van der Waals surface area contributed by atoms with Crippen molar-refractivity contribution < 1.29 is 9.53 Å². The highest BCUT2D eigenvalue weighted by Crippen LogP contribution is 2.14. The topological polar surface area (TPSA) is 44.8 Å². The van der Waals surface area contributed by atoms with Crippen LogP contribution in [0.4, 0.5) is 0 Å². The first-order valence-corrected chi connectivity index (χ1v) is 7.97. The predicted molar refractivity (Wildman–Crippen MR) is 96.4 cm³/mol. The van der Waals surface area contributed by atoms with Crippen LogP contribution in [0, 0.1) is 0 Å². The fourth-order valence-electron chi connectivity index (χ4n) is 2.70. The van der Waals surface area contributed by atoms with E-state index in [2.05, 4.69) is 17.1 Å². The molecular formula is C15H33Cl2N3O2. The molecule has 1 N–H and O–H groups in total. The molecule has 0 aromatic heterocycles. The van der Waals surface area contributed by atoms with E-state index >= 15 is 0 Å². The minimum absolute atomic E-state index is 0. The molecule has 0 spiro atoms. The zero-order chi connectivity index (χ0) is 14.8. The van der Waals surface area contributed by atoms with Crippen molar-refractivity contribution in [3.8, 4) is 0 Å². The van der Waals surface area contributed by atoms with E-state index < -0.39 is 0 Å². The second-order valence-corrected chi connectivity index (χ2v) is 5.34. The summed E-state index contributed by atoms with van der Waals surface area (Å²) in [5, 5.41) is 3.09. The van der Waals surface area contributed by atoms with Crippen LogP contribution in [-0.2, 0) is 9.53 Å². The maximum absolute atomic E-state index is 12.2. The summed E-state index contributed by atoms with van der Waals surface area (Å²) in [5.74, 6) is 0.308. The molecular weight excluding hydrogens is 325 g/mol. The lowest BCUT2D eigenvalue weighted by atomic mass is 10.1. The lowest BCUT2D eigenvalue weighted by Crippen LogP contribution is -2.55. The van der Waals surface area contributed by atoms with Crippen molar-refractivity contribution in [2.75, 3.05) is 53.0 Å². The van der Waals surface area contributed by atoms with Crippen LogP contribution in [0.25, 0.3) is 0 Å². The number of nitrogens with zero attached hydrogens (tertiary/aromatic N) is 2. The smallest absolute Gasteiger partial charge is 0.222 e. The fourth-order valence-corrected chi connectivity index (χ4v) is 2.70. The van der Waals surface area contributed by atoms with Gasteiger partial charge in [0.1, 0.15) is 0 Å². The second-order valence-electron chi connectivity index (χ2n) is 5.34. The van der Waals surface area contributed by atoms with Gasteiger partial charge in [0.25, 0.3) is 0 Å². The number of carbonyl (C=O) groups excluding carboxylic acids is 1. The summed E-state index contributed by atoms with van der Waals surface area (Å²) in [6, 6.07) is 0.484. The van der Waals surface area contributed by atoms with Gasteiger partial charge < -0.3 is 15.0 Å². The number of rotatable bonds is 9. The maximum Gasteiger partial charge on any atom is 0.222 e. The van der Waals surface area contributed by atoms with Gasteiger partial charge in [-0.05, 0) is 33.4 Å². The number of carbonyl (C=O) groups is 1. The molecule has 1 unspecified atom stereocenters. The van der Waals surface area contributed by atoms with E-state index in [0.29, 0.717) is 18.4 Å². The lowest BCUT2D eigenvalue weighted by molar-refractivity contribution is -0.134. The number of hydrogen-bond acceptors (Lipinski definition) is 4. The van der Waals surface area contributed by atoms with Gasteiger partial charge in [-0.15, -0.1) is 24.8 Å². The number of halogens is 2. The van der Waals surface area contributed by atoms with Crippen LogP contribution in [-0.4, -0.2) is 74.7 Å². The lowest BCUT2D eigenvalue weighted by Gasteiger charge is -2.41. The molecule has 7 heteroatoms. The summed E-state index contributed by atoms with van der Waals surface area (Å²) >= 11 is 0. The third kappa shape index (κ3) is 8.53. The molecule has 0 aromatic carbocycles. The van der Waals surface area contributed by atoms with Gasteiger partial charge in [-0.3, -0.25) is 9.69 Å². The van der Waals surface area contributed by atoms with Crippen molar-refractivity contribution in [3.63, 3.8) is 0 Å². The minimum Gasteiger partial charge on any atom is -0.380 e. The summed E-state index contributed by atoms with van der Waals surface area (Å²) in [6.45, 7) is 10.4. The van der Waals surface area contributed by atoms with E-state index in [1.54, 1.807) is 0 Å². The van der Waals surface area contributed by atoms with Crippen molar-refractivity contribution >= 4 is 30.7 Å². The zero-order valence-electron chi connectivity index (χ0n) is 14.2. The molecule has 5 nitrogen and oxygen atoms in total. The minimum atomic E-state index is 0. The van der Waals surface area contributed by atoms with Gasteiger partial charge in [0, 0.05) is 45.2 Å². The third-order valence-electron chi connectivity index (χ3n) is 3.97. The third-order valence-corrected chi connectivity index (χ3v) is 3.97. The average molecular weight is 358 g/mol.